The molecule has 0 fully saturated rings. The van der Waals surface area contributed by atoms with Gasteiger partial charge in [0.2, 0.25) is 5.91 Å². The molecule has 1 aromatic rings. The van der Waals surface area contributed by atoms with Crippen molar-refractivity contribution >= 4 is 35.0 Å². The van der Waals surface area contributed by atoms with Gasteiger partial charge in [0.1, 0.15) is 0 Å². The molecular formula is C13H15N3O4S. The maximum absolute atomic E-state index is 11.6. The number of nitro benzene ring substituents is 1. The SMILES string of the molecule is CC(O)CNC(=S)NC(=O)/C=C/c1ccc([N+](=O)[O-])cc1. The van der Waals surface area contributed by atoms with Gasteiger partial charge in [-0.3, -0.25) is 20.2 Å². The molecule has 0 aliphatic heterocycles. The summed E-state index contributed by atoms with van der Waals surface area (Å²) in [6, 6.07) is 5.77. The molecule has 0 saturated heterocycles. The summed E-state index contributed by atoms with van der Waals surface area (Å²) in [6.07, 6.45) is 2.20. The van der Waals surface area contributed by atoms with Crippen LogP contribution < -0.4 is 10.6 Å². The summed E-state index contributed by atoms with van der Waals surface area (Å²) >= 11 is 4.86. The van der Waals surface area contributed by atoms with Crippen LogP contribution in [0, 0.1) is 10.1 Å². The Kier molecular flexibility index (Phi) is 6.44. The van der Waals surface area contributed by atoms with E-state index in [2.05, 4.69) is 10.6 Å². The molecule has 0 spiro atoms. The first-order chi connectivity index (χ1) is 9.88. The smallest absolute Gasteiger partial charge is 0.269 e. The Hall–Kier alpha value is -2.32. The van der Waals surface area contributed by atoms with Gasteiger partial charge in [-0.1, -0.05) is 0 Å². The van der Waals surface area contributed by atoms with E-state index in [1.165, 1.54) is 36.4 Å². The lowest BCUT2D eigenvalue weighted by atomic mass is 10.2. The third-order valence-electron chi connectivity index (χ3n) is 2.33. The lowest BCUT2D eigenvalue weighted by molar-refractivity contribution is -0.384. The molecule has 1 amide bonds. The number of carbonyl (C=O) groups is 1. The average molecular weight is 309 g/mol. The molecule has 21 heavy (non-hydrogen) atoms. The van der Waals surface area contributed by atoms with Crippen LogP contribution in [0.5, 0.6) is 0 Å². The number of rotatable bonds is 5. The highest BCUT2D eigenvalue weighted by Gasteiger charge is 2.04. The highest BCUT2D eigenvalue weighted by atomic mass is 32.1. The van der Waals surface area contributed by atoms with E-state index in [0.29, 0.717) is 5.56 Å². The van der Waals surface area contributed by atoms with Crippen LogP contribution in [0.4, 0.5) is 5.69 Å². The molecule has 0 aliphatic carbocycles. The molecule has 1 unspecified atom stereocenters. The second-order valence-corrected chi connectivity index (χ2v) is 4.64. The lowest BCUT2D eigenvalue weighted by Gasteiger charge is -2.09. The standard InChI is InChI=1S/C13H15N3O4S/c1-9(17)8-14-13(21)15-12(18)7-4-10-2-5-11(6-3-10)16(19)20/h2-7,9,17H,8H2,1H3,(H2,14,15,18,21)/b7-4+. The Morgan fingerprint density at radius 1 is 1.48 bits per heavy atom. The first kappa shape index (κ1) is 16.7. The quantitative estimate of drug-likeness (QED) is 0.324. The van der Waals surface area contributed by atoms with Gasteiger partial charge in [0, 0.05) is 24.8 Å². The maximum atomic E-state index is 11.6. The fraction of sp³-hybridized carbons (Fsp3) is 0.231. The zero-order valence-corrected chi connectivity index (χ0v) is 12.1. The fourth-order valence-electron chi connectivity index (χ4n) is 1.32. The van der Waals surface area contributed by atoms with E-state index in [1.54, 1.807) is 6.92 Å². The van der Waals surface area contributed by atoms with Crippen molar-refractivity contribution in [3.8, 4) is 0 Å². The van der Waals surface area contributed by atoms with Gasteiger partial charge in [0.05, 0.1) is 11.0 Å². The van der Waals surface area contributed by atoms with E-state index in [-0.39, 0.29) is 17.3 Å². The molecule has 1 rings (SSSR count). The van der Waals surface area contributed by atoms with E-state index in [9.17, 15) is 14.9 Å². The van der Waals surface area contributed by atoms with Gasteiger partial charge in [-0.15, -0.1) is 0 Å². The highest BCUT2D eigenvalue weighted by Crippen LogP contribution is 2.12. The van der Waals surface area contributed by atoms with Crippen molar-refractivity contribution in [1.82, 2.24) is 10.6 Å². The topological polar surface area (TPSA) is 104 Å². The molecule has 112 valence electrons. The van der Waals surface area contributed by atoms with Crippen molar-refractivity contribution in [2.24, 2.45) is 0 Å². The van der Waals surface area contributed by atoms with Crippen LogP contribution in [-0.4, -0.2) is 33.7 Å². The molecule has 0 bridgehead atoms. The number of aliphatic hydroxyl groups excluding tert-OH is 1. The van der Waals surface area contributed by atoms with Crippen molar-refractivity contribution in [3.63, 3.8) is 0 Å². The minimum Gasteiger partial charge on any atom is -0.392 e. The number of benzene rings is 1. The van der Waals surface area contributed by atoms with E-state index in [0.717, 1.165) is 0 Å². The predicted molar refractivity (Wildman–Crippen MR) is 82.6 cm³/mol. The Balaban J connectivity index is 2.50. The maximum Gasteiger partial charge on any atom is 0.269 e. The summed E-state index contributed by atoms with van der Waals surface area (Å²) in [6.45, 7) is 1.83. The number of nitro groups is 1. The minimum atomic E-state index is -0.574. The summed E-state index contributed by atoms with van der Waals surface area (Å²) in [5.41, 5.74) is 0.638. The van der Waals surface area contributed by atoms with Crippen molar-refractivity contribution < 1.29 is 14.8 Å². The number of amides is 1. The molecule has 0 saturated carbocycles. The number of hydrogen-bond donors (Lipinski definition) is 3. The van der Waals surface area contributed by atoms with Crippen molar-refractivity contribution in [1.29, 1.82) is 0 Å². The molecule has 1 aromatic carbocycles. The largest absolute Gasteiger partial charge is 0.392 e. The van der Waals surface area contributed by atoms with E-state index in [1.807, 2.05) is 0 Å². The monoisotopic (exact) mass is 309 g/mol. The fourth-order valence-corrected chi connectivity index (χ4v) is 1.50. The Morgan fingerprint density at radius 2 is 2.10 bits per heavy atom. The third-order valence-corrected chi connectivity index (χ3v) is 2.57. The normalized spacial score (nSPS) is 11.9. The van der Waals surface area contributed by atoms with Gasteiger partial charge in [-0.25, -0.2) is 0 Å². The molecule has 8 heteroatoms. The molecule has 0 radical (unpaired) electrons. The summed E-state index contributed by atoms with van der Waals surface area (Å²) in [5.74, 6) is -0.434. The van der Waals surface area contributed by atoms with E-state index >= 15 is 0 Å². The highest BCUT2D eigenvalue weighted by molar-refractivity contribution is 7.80. The lowest BCUT2D eigenvalue weighted by Crippen LogP contribution is -2.41. The second kappa shape index (κ2) is 8.08. The second-order valence-electron chi connectivity index (χ2n) is 4.23. The van der Waals surface area contributed by atoms with Crippen LogP contribution in [0.15, 0.2) is 30.3 Å². The molecule has 0 heterocycles. The van der Waals surface area contributed by atoms with Gasteiger partial charge in [0.25, 0.3) is 5.69 Å². The molecule has 0 aliphatic rings. The van der Waals surface area contributed by atoms with Gasteiger partial charge in [-0.2, -0.15) is 0 Å². The van der Waals surface area contributed by atoms with Crippen LogP contribution in [0.2, 0.25) is 0 Å². The molecule has 3 N–H and O–H groups in total. The number of aliphatic hydroxyl groups is 1. The minimum absolute atomic E-state index is 0.0138. The predicted octanol–water partition coefficient (Wildman–Crippen LogP) is 0.980. The Bertz CT molecular complexity index is 555. The van der Waals surface area contributed by atoms with Gasteiger partial charge in [0.15, 0.2) is 5.11 Å². The van der Waals surface area contributed by atoms with Crippen molar-refractivity contribution in [3.05, 3.63) is 46.0 Å². The zero-order chi connectivity index (χ0) is 15.8. The first-order valence-electron chi connectivity index (χ1n) is 6.08. The Labute approximate surface area is 126 Å². The van der Waals surface area contributed by atoms with Crippen molar-refractivity contribution in [2.75, 3.05) is 6.54 Å². The number of non-ortho nitro benzene ring substituents is 1. The molecular weight excluding hydrogens is 294 g/mol. The summed E-state index contributed by atoms with van der Waals surface area (Å²) in [5, 5.41) is 24.7. The molecule has 7 nitrogen and oxygen atoms in total. The van der Waals surface area contributed by atoms with Crippen LogP contribution in [0.1, 0.15) is 12.5 Å². The zero-order valence-electron chi connectivity index (χ0n) is 11.3. The van der Waals surface area contributed by atoms with Crippen LogP contribution in [-0.2, 0) is 4.79 Å². The molecule has 1 atom stereocenters. The number of thiocarbonyl (C=S) groups is 1. The van der Waals surface area contributed by atoms with Crippen molar-refractivity contribution in [2.45, 2.75) is 13.0 Å². The molecule has 0 aromatic heterocycles. The van der Waals surface area contributed by atoms with Gasteiger partial charge >= 0.3 is 0 Å². The summed E-state index contributed by atoms with van der Waals surface area (Å²) < 4.78 is 0. The summed E-state index contributed by atoms with van der Waals surface area (Å²) in [4.78, 5) is 21.6. The number of nitrogens with one attached hydrogen (secondary N) is 2. The van der Waals surface area contributed by atoms with Crippen LogP contribution >= 0.6 is 12.2 Å². The van der Waals surface area contributed by atoms with Gasteiger partial charge < -0.3 is 10.4 Å². The Morgan fingerprint density at radius 3 is 2.62 bits per heavy atom. The summed E-state index contributed by atoms with van der Waals surface area (Å²) in [7, 11) is 0. The van der Waals surface area contributed by atoms with Crippen LogP contribution in [0.3, 0.4) is 0 Å². The third kappa shape index (κ3) is 6.59. The number of carbonyl (C=O) groups excluding carboxylic acids is 1. The van der Waals surface area contributed by atoms with Crippen LogP contribution in [0.25, 0.3) is 6.08 Å². The number of nitrogens with zero attached hydrogens (tertiary/aromatic N) is 1. The van der Waals surface area contributed by atoms with Gasteiger partial charge in [-0.05, 0) is 42.9 Å². The van der Waals surface area contributed by atoms with E-state index < -0.39 is 16.9 Å². The van der Waals surface area contributed by atoms with E-state index in [4.69, 9.17) is 17.3 Å². The first-order valence-corrected chi connectivity index (χ1v) is 6.48. The number of hydrogen-bond acceptors (Lipinski definition) is 5. The average Bonchev–Trinajstić information content (AvgIpc) is 2.43.